The highest BCUT2D eigenvalue weighted by Crippen LogP contribution is 2.12. The number of amides is 1. The molecular formula is C12H20N4O2. The Morgan fingerprint density at radius 2 is 2.17 bits per heavy atom. The van der Waals surface area contributed by atoms with Crippen LogP contribution in [0.3, 0.4) is 0 Å². The zero-order valence-corrected chi connectivity index (χ0v) is 11.0. The first kappa shape index (κ1) is 14.2. The lowest BCUT2D eigenvalue weighted by molar-refractivity contribution is -0.121. The average molecular weight is 252 g/mol. The molecule has 1 unspecified atom stereocenters. The van der Waals surface area contributed by atoms with Gasteiger partial charge < -0.3 is 20.7 Å². The summed E-state index contributed by atoms with van der Waals surface area (Å²) in [6, 6.07) is 1.57. The average Bonchev–Trinajstić information content (AvgIpc) is 2.39. The molecule has 1 rings (SSSR count). The number of carbonyl (C=O) groups is 1. The second-order valence-electron chi connectivity index (χ2n) is 3.86. The molecule has 18 heavy (non-hydrogen) atoms. The van der Waals surface area contributed by atoms with Crippen molar-refractivity contribution in [2.45, 2.75) is 13.0 Å². The van der Waals surface area contributed by atoms with Gasteiger partial charge in [-0.2, -0.15) is 0 Å². The van der Waals surface area contributed by atoms with E-state index >= 15 is 0 Å². The van der Waals surface area contributed by atoms with Gasteiger partial charge in [-0.05, 0) is 13.0 Å². The van der Waals surface area contributed by atoms with Crippen molar-refractivity contribution in [2.24, 2.45) is 0 Å². The van der Waals surface area contributed by atoms with Crippen molar-refractivity contribution in [3.8, 4) is 0 Å². The molecule has 6 nitrogen and oxygen atoms in total. The van der Waals surface area contributed by atoms with Gasteiger partial charge in [-0.3, -0.25) is 9.78 Å². The Balaban J connectivity index is 2.47. The molecule has 0 aliphatic rings. The Bertz CT molecular complexity index is 384. The minimum Gasteiger partial charge on any atom is -0.387 e. The monoisotopic (exact) mass is 252 g/mol. The number of ether oxygens (including phenoxy) is 1. The van der Waals surface area contributed by atoms with Gasteiger partial charge in [0.15, 0.2) is 0 Å². The molecule has 3 N–H and O–H groups in total. The molecule has 0 saturated carbocycles. The van der Waals surface area contributed by atoms with Gasteiger partial charge in [-0.15, -0.1) is 0 Å². The molecule has 0 bridgehead atoms. The van der Waals surface area contributed by atoms with Crippen LogP contribution in [0.4, 0.5) is 11.4 Å². The SMILES string of the molecule is CNc1cncc(NC(C)C(=O)NCCOC)c1. The molecule has 0 spiro atoms. The van der Waals surface area contributed by atoms with Crippen LogP contribution in [-0.2, 0) is 9.53 Å². The molecule has 6 heteroatoms. The van der Waals surface area contributed by atoms with E-state index in [9.17, 15) is 4.79 Å². The fourth-order valence-corrected chi connectivity index (χ4v) is 1.40. The molecule has 1 amide bonds. The third-order valence-corrected chi connectivity index (χ3v) is 2.41. The van der Waals surface area contributed by atoms with Crippen LogP contribution in [0.15, 0.2) is 18.5 Å². The fourth-order valence-electron chi connectivity index (χ4n) is 1.40. The largest absolute Gasteiger partial charge is 0.387 e. The molecule has 1 aromatic heterocycles. The third-order valence-electron chi connectivity index (χ3n) is 2.41. The summed E-state index contributed by atoms with van der Waals surface area (Å²) in [4.78, 5) is 15.8. The first-order valence-electron chi connectivity index (χ1n) is 5.83. The van der Waals surface area contributed by atoms with Crippen molar-refractivity contribution in [3.05, 3.63) is 18.5 Å². The maximum Gasteiger partial charge on any atom is 0.242 e. The number of aromatic nitrogens is 1. The second kappa shape index (κ2) is 7.50. The Hall–Kier alpha value is -1.82. The molecule has 0 aliphatic heterocycles. The van der Waals surface area contributed by atoms with Gasteiger partial charge in [-0.1, -0.05) is 0 Å². The lowest BCUT2D eigenvalue weighted by Gasteiger charge is -2.15. The Morgan fingerprint density at radius 1 is 1.44 bits per heavy atom. The minimum absolute atomic E-state index is 0.0677. The highest BCUT2D eigenvalue weighted by Gasteiger charge is 2.11. The number of hydrogen-bond donors (Lipinski definition) is 3. The summed E-state index contributed by atoms with van der Waals surface area (Å²) in [6.07, 6.45) is 3.40. The number of methoxy groups -OCH3 is 1. The second-order valence-corrected chi connectivity index (χ2v) is 3.86. The number of anilines is 2. The van der Waals surface area contributed by atoms with E-state index in [1.165, 1.54) is 0 Å². The summed E-state index contributed by atoms with van der Waals surface area (Å²) >= 11 is 0. The molecule has 0 aromatic carbocycles. The molecule has 0 saturated heterocycles. The third kappa shape index (κ3) is 4.58. The highest BCUT2D eigenvalue weighted by atomic mass is 16.5. The number of nitrogens with zero attached hydrogens (tertiary/aromatic N) is 1. The maximum absolute atomic E-state index is 11.7. The molecular weight excluding hydrogens is 232 g/mol. The summed E-state index contributed by atoms with van der Waals surface area (Å²) in [5.74, 6) is -0.0677. The van der Waals surface area contributed by atoms with E-state index < -0.39 is 0 Å². The number of pyridine rings is 1. The van der Waals surface area contributed by atoms with Gasteiger partial charge in [-0.25, -0.2) is 0 Å². The highest BCUT2D eigenvalue weighted by molar-refractivity contribution is 5.84. The van der Waals surface area contributed by atoms with E-state index in [2.05, 4.69) is 20.9 Å². The zero-order valence-electron chi connectivity index (χ0n) is 11.0. The molecule has 0 fully saturated rings. The van der Waals surface area contributed by atoms with Crippen LogP contribution < -0.4 is 16.0 Å². The standard InChI is InChI=1S/C12H20N4O2/c1-9(12(17)15-4-5-18-3)16-11-6-10(13-2)7-14-8-11/h6-9,13,16H,4-5H2,1-3H3,(H,15,17). The van der Waals surface area contributed by atoms with Gasteiger partial charge in [0, 0.05) is 20.7 Å². The van der Waals surface area contributed by atoms with Gasteiger partial charge in [0.25, 0.3) is 0 Å². The predicted octanol–water partition coefficient (Wildman–Crippen LogP) is 0.686. The normalized spacial score (nSPS) is 11.7. The van der Waals surface area contributed by atoms with Crippen molar-refractivity contribution in [1.82, 2.24) is 10.3 Å². The first-order chi connectivity index (χ1) is 8.67. The molecule has 1 aromatic rings. The van der Waals surface area contributed by atoms with Crippen molar-refractivity contribution >= 4 is 17.3 Å². The summed E-state index contributed by atoms with van der Waals surface area (Å²) < 4.78 is 4.87. The summed E-state index contributed by atoms with van der Waals surface area (Å²) in [5.41, 5.74) is 1.70. The number of hydrogen-bond acceptors (Lipinski definition) is 5. The lowest BCUT2D eigenvalue weighted by Crippen LogP contribution is -2.39. The van der Waals surface area contributed by atoms with E-state index in [1.54, 1.807) is 26.4 Å². The fraction of sp³-hybridized carbons (Fsp3) is 0.500. The van der Waals surface area contributed by atoms with Crippen LogP contribution in [0.5, 0.6) is 0 Å². The lowest BCUT2D eigenvalue weighted by atomic mass is 10.3. The molecule has 1 atom stereocenters. The zero-order chi connectivity index (χ0) is 13.4. The Labute approximate surface area is 107 Å². The van der Waals surface area contributed by atoms with Crippen LogP contribution in [-0.4, -0.2) is 44.2 Å². The first-order valence-corrected chi connectivity index (χ1v) is 5.83. The summed E-state index contributed by atoms with van der Waals surface area (Å²) in [5, 5.41) is 8.85. The van der Waals surface area contributed by atoms with E-state index in [-0.39, 0.29) is 11.9 Å². The predicted molar refractivity (Wildman–Crippen MR) is 71.8 cm³/mol. The summed E-state index contributed by atoms with van der Waals surface area (Å²) in [7, 11) is 3.42. The van der Waals surface area contributed by atoms with Gasteiger partial charge >= 0.3 is 0 Å². The van der Waals surface area contributed by atoms with E-state index in [1.807, 2.05) is 13.1 Å². The van der Waals surface area contributed by atoms with Crippen molar-refractivity contribution < 1.29 is 9.53 Å². The van der Waals surface area contributed by atoms with E-state index in [4.69, 9.17) is 4.74 Å². The van der Waals surface area contributed by atoms with Crippen LogP contribution in [0.25, 0.3) is 0 Å². The molecule has 100 valence electrons. The topological polar surface area (TPSA) is 75.3 Å². The van der Waals surface area contributed by atoms with Crippen LogP contribution >= 0.6 is 0 Å². The van der Waals surface area contributed by atoms with Crippen molar-refractivity contribution in [2.75, 3.05) is 37.9 Å². The quantitative estimate of drug-likeness (QED) is 0.622. The summed E-state index contributed by atoms with van der Waals surface area (Å²) in [6.45, 7) is 2.82. The van der Waals surface area contributed by atoms with Crippen LogP contribution in [0.1, 0.15) is 6.92 Å². The van der Waals surface area contributed by atoms with E-state index in [0.717, 1.165) is 11.4 Å². The smallest absolute Gasteiger partial charge is 0.242 e. The van der Waals surface area contributed by atoms with Crippen molar-refractivity contribution in [3.63, 3.8) is 0 Å². The van der Waals surface area contributed by atoms with Gasteiger partial charge in [0.05, 0.1) is 30.4 Å². The maximum atomic E-state index is 11.7. The molecule has 0 radical (unpaired) electrons. The van der Waals surface area contributed by atoms with Crippen molar-refractivity contribution in [1.29, 1.82) is 0 Å². The van der Waals surface area contributed by atoms with Gasteiger partial charge in [0.1, 0.15) is 6.04 Å². The molecule has 0 aliphatic carbocycles. The number of nitrogens with one attached hydrogen (secondary N) is 3. The minimum atomic E-state index is -0.323. The Morgan fingerprint density at radius 3 is 2.83 bits per heavy atom. The number of rotatable bonds is 7. The van der Waals surface area contributed by atoms with E-state index in [0.29, 0.717) is 13.2 Å². The van der Waals surface area contributed by atoms with Gasteiger partial charge in [0.2, 0.25) is 5.91 Å². The van der Waals surface area contributed by atoms with Crippen LogP contribution in [0.2, 0.25) is 0 Å². The molecule has 1 heterocycles. The van der Waals surface area contributed by atoms with Crippen LogP contribution in [0, 0.1) is 0 Å². The Kier molecular flexibility index (Phi) is 5.93. The number of carbonyl (C=O) groups excluding carboxylic acids is 1.